The highest BCUT2D eigenvalue weighted by Gasteiger charge is 2.64. The van der Waals surface area contributed by atoms with Crippen molar-refractivity contribution in [1.82, 2.24) is 0 Å². The number of esters is 1. The first-order chi connectivity index (χ1) is 14.3. The van der Waals surface area contributed by atoms with Crippen LogP contribution in [0.25, 0.3) is 0 Å². The largest absolute Gasteiger partial charge is 0.432 e. The molecule has 2 unspecified atom stereocenters. The van der Waals surface area contributed by atoms with Gasteiger partial charge >= 0.3 is 5.97 Å². The lowest BCUT2D eigenvalue weighted by Gasteiger charge is -2.55. The van der Waals surface area contributed by atoms with Crippen LogP contribution in [0.3, 0.4) is 0 Å². The lowest BCUT2D eigenvalue weighted by Crippen LogP contribution is -2.63. The predicted molar refractivity (Wildman–Crippen MR) is 116 cm³/mol. The number of ketones is 2. The van der Waals surface area contributed by atoms with Gasteiger partial charge in [-0.1, -0.05) is 12.5 Å². The minimum absolute atomic E-state index is 0.0452. The Bertz CT molecular complexity index is 820. The Kier molecular flexibility index (Phi) is 6.38. The van der Waals surface area contributed by atoms with Crippen LogP contribution in [0.15, 0.2) is 24.0 Å². The summed E-state index contributed by atoms with van der Waals surface area (Å²) in [6.07, 6.45) is 6.90. The van der Waals surface area contributed by atoms with Crippen LogP contribution in [0, 0.1) is 29.1 Å². The summed E-state index contributed by atoms with van der Waals surface area (Å²) in [5.41, 5.74) is -1.47. The van der Waals surface area contributed by atoms with Crippen molar-refractivity contribution in [3.8, 4) is 0 Å². The van der Waals surface area contributed by atoms with Gasteiger partial charge in [0.15, 0.2) is 5.78 Å². The molecule has 6 atom stereocenters. The van der Waals surface area contributed by atoms with Crippen LogP contribution in [0.5, 0.6) is 0 Å². The highest BCUT2D eigenvalue weighted by atomic mass is 16.5. The maximum absolute atomic E-state index is 13.7. The number of carbonyl (C=O) groups is 3. The van der Waals surface area contributed by atoms with E-state index in [1.165, 1.54) is 19.3 Å². The molecule has 0 spiro atoms. The fourth-order valence-electron chi connectivity index (χ4n) is 6.16. The number of fused-ring (bicyclic) bond motifs is 1. The van der Waals surface area contributed by atoms with Gasteiger partial charge in [0, 0.05) is 24.3 Å². The van der Waals surface area contributed by atoms with Crippen LogP contribution in [-0.4, -0.2) is 40.5 Å². The molecule has 0 aromatic carbocycles. The molecule has 3 rings (SSSR count). The summed E-state index contributed by atoms with van der Waals surface area (Å²) in [5.74, 6) is -2.04. The maximum Gasteiger partial charge on any atom is 0.335 e. The average molecular weight is 433 g/mol. The minimum Gasteiger partial charge on any atom is -0.432 e. The number of hydrogen-bond donors (Lipinski definition) is 1. The molecule has 6 heteroatoms. The first kappa shape index (κ1) is 23.9. The SMILES string of the molecule is CC(=O)C[C@@H]1C(=O)[C@]2(O)COC(C)(C)C3CC[C@@](C)(CC32)[C@H]1/C=C/OC(=O)C=C(C)C. The van der Waals surface area contributed by atoms with Crippen LogP contribution in [0.2, 0.25) is 0 Å². The predicted octanol–water partition coefficient (Wildman–Crippen LogP) is 3.77. The molecule has 3 aliphatic rings. The summed E-state index contributed by atoms with van der Waals surface area (Å²) in [4.78, 5) is 37.8. The molecule has 1 saturated heterocycles. The van der Waals surface area contributed by atoms with Crippen LogP contribution >= 0.6 is 0 Å². The van der Waals surface area contributed by atoms with Gasteiger partial charge in [-0.15, -0.1) is 0 Å². The summed E-state index contributed by atoms with van der Waals surface area (Å²) in [5, 5.41) is 11.6. The van der Waals surface area contributed by atoms with Gasteiger partial charge in [-0.05, 0) is 77.2 Å². The van der Waals surface area contributed by atoms with Crippen molar-refractivity contribution in [3.05, 3.63) is 24.0 Å². The molecule has 2 bridgehead atoms. The zero-order valence-corrected chi connectivity index (χ0v) is 19.6. The van der Waals surface area contributed by atoms with Crippen molar-refractivity contribution >= 4 is 17.5 Å². The van der Waals surface area contributed by atoms with Gasteiger partial charge in [0.25, 0.3) is 0 Å². The molecular formula is C25H36O6. The van der Waals surface area contributed by atoms with Gasteiger partial charge in [0.1, 0.15) is 11.4 Å². The number of Topliss-reactive ketones (excluding diaryl/α,β-unsaturated/α-hetero) is 2. The van der Waals surface area contributed by atoms with Crippen molar-refractivity contribution in [2.45, 2.75) is 78.4 Å². The number of rotatable bonds is 5. The molecule has 2 saturated carbocycles. The van der Waals surface area contributed by atoms with Crippen molar-refractivity contribution in [2.24, 2.45) is 29.1 Å². The van der Waals surface area contributed by atoms with E-state index in [1.807, 2.05) is 27.7 Å². The Labute approximate surface area is 185 Å². The lowest BCUT2D eigenvalue weighted by atomic mass is 9.55. The van der Waals surface area contributed by atoms with Crippen LogP contribution in [0.1, 0.15) is 67.2 Å². The second kappa shape index (κ2) is 8.28. The van der Waals surface area contributed by atoms with Gasteiger partial charge in [0.2, 0.25) is 0 Å². The molecule has 0 radical (unpaired) electrons. The molecule has 0 amide bonds. The quantitative estimate of drug-likeness (QED) is 0.404. The molecule has 0 aromatic heterocycles. The number of ether oxygens (including phenoxy) is 2. The molecule has 172 valence electrons. The molecule has 1 aliphatic heterocycles. The Balaban J connectivity index is 2.01. The fraction of sp³-hybridized carbons (Fsp3) is 0.720. The normalized spacial score (nSPS) is 39.0. The van der Waals surface area contributed by atoms with Crippen LogP contribution in [-0.2, 0) is 23.9 Å². The minimum atomic E-state index is -1.59. The van der Waals surface area contributed by atoms with E-state index in [1.54, 1.807) is 6.08 Å². The topological polar surface area (TPSA) is 89.9 Å². The van der Waals surface area contributed by atoms with Gasteiger partial charge in [0.05, 0.1) is 18.5 Å². The standard InChI is InChI=1S/C25H36O6/c1-15(2)11-21(27)30-10-8-18-17(12-16(3)26)22(28)25(29)14-31-23(4,5)19-7-9-24(18,6)13-20(19)25/h8,10-11,17-20,29H,7,9,12-14H2,1-6H3/b10-8+/t17-,18-,19?,20?,24-,25-/m0/s1. The summed E-state index contributed by atoms with van der Waals surface area (Å²) >= 11 is 0. The van der Waals surface area contributed by atoms with Crippen molar-refractivity contribution in [3.63, 3.8) is 0 Å². The Morgan fingerprint density at radius 3 is 2.48 bits per heavy atom. The van der Waals surface area contributed by atoms with E-state index < -0.39 is 23.1 Å². The lowest BCUT2D eigenvalue weighted by molar-refractivity contribution is -0.229. The second-order valence-electron chi connectivity index (χ2n) is 10.8. The average Bonchev–Trinajstić information content (AvgIpc) is 2.69. The zero-order valence-electron chi connectivity index (χ0n) is 19.6. The molecule has 1 N–H and O–H groups in total. The van der Waals surface area contributed by atoms with E-state index in [0.29, 0.717) is 6.42 Å². The van der Waals surface area contributed by atoms with Gasteiger partial charge in [-0.25, -0.2) is 4.79 Å². The number of allylic oxidation sites excluding steroid dienone is 2. The molecule has 2 aliphatic carbocycles. The Morgan fingerprint density at radius 2 is 1.87 bits per heavy atom. The maximum atomic E-state index is 13.7. The number of hydrogen-bond acceptors (Lipinski definition) is 6. The van der Waals surface area contributed by atoms with E-state index in [-0.39, 0.29) is 47.8 Å². The Morgan fingerprint density at radius 1 is 1.19 bits per heavy atom. The third-order valence-corrected chi connectivity index (χ3v) is 7.75. The molecule has 6 nitrogen and oxygen atoms in total. The molecule has 3 fully saturated rings. The highest BCUT2D eigenvalue weighted by Crippen LogP contribution is 2.60. The highest BCUT2D eigenvalue weighted by molar-refractivity contribution is 5.94. The van der Waals surface area contributed by atoms with E-state index in [9.17, 15) is 19.5 Å². The van der Waals surface area contributed by atoms with Crippen LogP contribution in [0.4, 0.5) is 0 Å². The van der Waals surface area contributed by atoms with Crippen molar-refractivity contribution in [2.75, 3.05) is 6.61 Å². The van der Waals surface area contributed by atoms with E-state index in [2.05, 4.69) is 6.92 Å². The summed E-state index contributed by atoms with van der Waals surface area (Å²) < 4.78 is 11.2. The summed E-state index contributed by atoms with van der Waals surface area (Å²) in [6.45, 7) is 11.2. The van der Waals surface area contributed by atoms with E-state index in [4.69, 9.17) is 9.47 Å². The van der Waals surface area contributed by atoms with Crippen LogP contribution < -0.4 is 0 Å². The monoisotopic (exact) mass is 432 g/mol. The number of carbonyl (C=O) groups excluding carboxylic acids is 3. The smallest absolute Gasteiger partial charge is 0.335 e. The van der Waals surface area contributed by atoms with Gasteiger partial charge in [-0.2, -0.15) is 0 Å². The number of aliphatic hydroxyl groups is 1. The van der Waals surface area contributed by atoms with Gasteiger partial charge in [-0.3, -0.25) is 4.79 Å². The van der Waals surface area contributed by atoms with Crippen molar-refractivity contribution in [1.29, 1.82) is 0 Å². The second-order valence-corrected chi connectivity index (χ2v) is 10.8. The summed E-state index contributed by atoms with van der Waals surface area (Å²) in [6, 6.07) is 0. The van der Waals surface area contributed by atoms with Gasteiger partial charge < -0.3 is 19.4 Å². The fourth-order valence-corrected chi connectivity index (χ4v) is 6.16. The first-order valence-corrected chi connectivity index (χ1v) is 11.2. The van der Waals surface area contributed by atoms with Crippen molar-refractivity contribution < 1.29 is 29.0 Å². The Hall–Kier alpha value is -1.79. The molecule has 31 heavy (non-hydrogen) atoms. The third kappa shape index (κ3) is 4.42. The summed E-state index contributed by atoms with van der Waals surface area (Å²) in [7, 11) is 0. The zero-order chi connectivity index (χ0) is 23.2. The first-order valence-electron chi connectivity index (χ1n) is 11.2. The molecule has 0 aromatic rings. The third-order valence-electron chi connectivity index (χ3n) is 7.75. The van der Waals surface area contributed by atoms with E-state index >= 15 is 0 Å². The molecular weight excluding hydrogens is 396 g/mol. The van der Waals surface area contributed by atoms with E-state index in [0.717, 1.165) is 18.4 Å². The molecule has 1 heterocycles.